The fourth-order valence-corrected chi connectivity index (χ4v) is 4.92. The number of amides is 1. The monoisotopic (exact) mass is 455 g/mol. The molecule has 1 aliphatic heterocycles. The number of hydrogen-bond donors (Lipinski definition) is 1. The fraction of sp³-hybridized carbons (Fsp3) is 0.360. The molecule has 2 aromatic rings. The molecule has 0 aliphatic carbocycles. The molecule has 0 fully saturated rings. The minimum Gasteiger partial charge on any atom is -0.364 e. The van der Waals surface area contributed by atoms with Crippen molar-refractivity contribution in [3.8, 4) is 6.07 Å². The molecule has 0 aromatic heterocycles. The van der Waals surface area contributed by atoms with E-state index in [2.05, 4.69) is 57.0 Å². The van der Waals surface area contributed by atoms with Crippen molar-refractivity contribution in [3.05, 3.63) is 63.1 Å². The molecule has 0 unspecified atom stereocenters. The fourth-order valence-electron chi connectivity index (χ4n) is 4.63. The number of carbonyl (C=O) groups excluding carboxylic acids is 1. The standard InChI is InChI=1S/C25H27Cl2N3O/c1-15(2)30-23-9-6-17(11-20(23)16(3)13-25(30,4)5)10-18(14-28)24(31)29-19-7-8-21(26)22(27)12-19/h6-12,15-16H,13H2,1-5H3,(H,29,31)/b18-10-/t16-/m0/s1. The second-order valence-electron chi connectivity index (χ2n) is 8.95. The van der Waals surface area contributed by atoms with Crippen LogP contribution in [-0.2, 0) is 4.79 Å². The predicted octanol–water partition coefficient (Wildman–Crippen LogP) is 7.04. The van der Waals surface area contributed by atoms with E-state index in [0.29, 0.717) is 27.7 Å². The molecule has 1 N–H and O–H groups in total. The molecule has 4 nitrogen and oxygen atoms in total. The van der Waals surface area contributed by atoms with Crippen molar-refractivity contribution in [3.63, 3.8) is 0 Å². The van der Waals surface area contributed by atoms with Crippen LogP contribution in [0.25, 0.3) is 6.08 Å². The van der Waals surface area contributed by atoms with E-state index in [1.165, 1.54) is 11.3 Å². The number of rotatable bonds is 4. The number of carbonyl (C=O) groups is 1. The van der Waals surface area contributed by atoms with Gasteiger partial charge in [0.15, 0.2) is 0 Å². The third kappa shape index (κ3) is 4.89. The third-order valence-electron chi connectivity index (χ3n) is 5.67. The molecule has 31 heavy (non-hydrogen) atoms. The first-order valence-electron chi connectivity index (χ1n) is 10.3. The normalized spacial score (nSPS) is 17.8. The summed E-state index contributed by atoms with van der Waals surface area (Å²) in [5.74, 6) is -0.111. The number of benzene rings is 2. The first kappa shape index (κ1) is 23.2. The molecular weight excluding hydrogens is 429 g/mol. The van der Waals surface area contributed by atoms with E-state index in [4.69, 9.17) is 23.2 Å². The molecule has 0 saturated carbocycles. The maximum atomic E-state index is 12.6. The Morgan fingerprint density at radius 2 is 1.94 bits per heavy atom. The van der Waals surface area contributed by atoms with Crippen LogP contribution in [0.1, 0.15) is 58.1 Å². The van der Waals surface area contributed by atoms with Crippen LogP contribution in [0.5, 0.6) is 0 Å². The number of fused-ring (bicyclic) bond motifs is 1. The van der Waals surface area contributed by atoms with Crippen molar-refractivity contribution in [2.45, 2.75) is 58.5 Å². The van der Waals surface area contributed by atoms with E-state index >= 15 is 0 Å². The molecule has 1 atom stereocenters. The van der Waals surface area contributed by atoms with Crippen LogP contribution in [-0.4, -0.2) is 17.5 Å². The minimum absolute atomic E-state index is 0.0236. The summed E-state index contributed by atoms with van der Waals surface area (Å²) >= 11 is 11.9. The molecule has 0 radical (unpaired) electrons. The van der Waals surface area contributed by atoms with Gasteiger partial charge in [-0.1, -0.05) is 36.2 Å². The maximum absolute atomic E-state index is 12.6. The van der Waals surface area contributed by atoms with Crippen molar-refractivity contribution in [2.75, 3.05) is 10.2 Å². The lowest BCUT2D eigenvalue weighted by Crippen LogP contribution is -2.51. The van der Waals surface area contributed by atoms with Crippen LogP contribution in [0.15, 0.2) is 42.0 Å². The van der Waals surface area contributed by atoms with Crippen LogP contribution in [0, 0.1) is 11.3 Å². The minimum atomic E-state index is -0.489. The third-order valence-corrected chi connectivity index (χ3v) is 6.41. The Balaban J connectivity index is 1.91. The Morgan fingerprint density at radius 3 is 2.55 bits per heavy atom. The molecule has 0 spiro atoms. The molecular formula is C25H27Cl2N3O. The molecule has 6 heteroatoms. The Hall–Kier alpha value is -2.48. The van der Waals surface area contributed by atoms with E-state index in [-0.39, 0.29) is 11.1 Å². The summed E-state index contributed by atoms with van der Waals surface area (Å²) in [6, 6.07) is 13.3. The number of anilines is 2. The number of nitrogens with one attached hydrogen (secondary N) is 1. The Kier molecular flexibility index (Phi) is 6.69. The highest BCUT2D eigenvalue weighted by molar-refractivity contribution is 6.42. The Labute approximate surface area is 194 Å². The molecule has 0 saturated heterocycles. The maximum Gasteiger partial charge on any atom is 0.266 e. The van der Waals surface area contributed by atoms with Crippen LogP contribution >= 0.6 is 23.2 Å². The summed E-state index contributed by atoms with van der Waals surface area (Å²) in [7, 11) is 0. The Bertz CT molecular complexity index is 1080. The van der Waals surface area contributed by atoms with Crippen LogP contribution in [0.2, 0.25) is 10.0 Å². The zero-order valence-corrected chi connectivity index (χ0v) is 20.0. The van der Waals surface area contributed by atoms with Gasteiger partial charge in [-0.15, -0.1) is 0 Å². The van der Waals surface area contributed by atoms with Crippen LogP contribution in [0.3, 0.4) is 0 Å². The first-order valence-corrected chi connectivity index (χ1v) is 11.1. The highest BCUT2D eigenvalue weighted by Gasteiger charge is 2.37. The van der Waals surface area contributed by atoms with Gasteiger partial charge in [0.05, 0.1) is 10.0 Å². The molecule has 1 amide bonds. The van der Waals surface area contributed by atoms with Gasteiger partial charge < -0.3 is 10.2 Å². The molecule has 0 bridgehead atoms. The van der Waals surface area contributed by atoms with Crippen molar-refractivity contribution >= 4 is 46.6 Å². The highest BCUT2D eigenvalue weighted by Crippen LogP contribution is 2.44. The van der Waals surface area contributed by atoms with Gasteiger partial charge in [-0.2, -0.15) is 5.26 Å². The summed E-state index contributed by atoms with van der Waals surface area (Å²) in [6.45, 7) is 11.2. The van der Waals surface area contributed by atoms with E-state index in [9.17, 15) is 10.1 Å². The quantitative estimate of drug-likeness (QED) is 0.397. The Morgan fingerprint density at radius 1 is 1.23 bits per heavy atom. The zero-order chi connectivity index (χ0) is 22.9. The largest absolute Gasteiger partial charge is 0.364 e. The van der Waals surface area contributed by atoms with Gasteiger partial charge in [0.1, 0.15) is 11.6 Å². The second-order valence-corrected chi connectivity index (χ2v) is 9.77. The molecule has 2 aromatic carbocycles. The van der Waals surface area contributed by atoms with Gasteiger partial charge in [0.25, 0.3) is 5.91 Å². The lowest BCUT2D eigenvalue weighted by Gasteiger charge is -2.50. The van der Waals surface area contributed by atoms with Crippen molar-refractivity contribution in [1.82, 2.24) is 0 Å². The van der Waals surface area contributed by atoms with Gasteiger partial charge in [-0.05, 0) is 87.6 Å². The van der Waals surface area contributed by atoms with Crippen molar-refractivity contribution < 1.29 is 4.79 Å². The van der Waals surface area contributed by atoms with Gasteiger partial charge in [0, 0.05) is 23.0 Å². The first-order chi connectivity index (χ1) is 14.5. The van der Waals surface area contributed by atoms with E-state index < -0.39 is 5.91 Å². The zero-order valence-electron chi connectivity index (χ0n) is 18.5. The summed E-state index contributed by atoms with van der Waals surface area (Å²) in [5, 5.41) is 13.0. The molecule has 1 heterocycles. The lowest BCUT2D eigenvalue weighted by atomic mass is 9.79. The lowest BCUT2D eigenvalue weighted by molar-refractivity contribution is -0.112. The van der Waals surface area contributed by atoms with Gasteiger partial charge in [0.2, 0.25) is 0 Å². The van der Waals surface area contributed by atoms with Gasteiger partial charge >= 0.3 is 0 Å². The van der Waals surface area contributed by atoms with E-state index in [1.807, 2.05) is 12.1 Å². The van der Waals surface area contributed by atoms with Crippen molar-refractivity contribution in [2.24, 2.45) is 0 Å². The van der Waals surface area contributed by atoms with E-state index in [0.717, 1.165) is 12.0 Å². The van der Waals surface area contributed by atoms with E-state index in [1.54, 1.807) is 24.3 Å². The van der Waals surface area contributed by atoms with Crippen molar-refractivity contribution in [1.29, 1.82) is 5.26 Å². The molecule has 1 aliphatic rings. The SMILES string of the molecule is CC(C)N1c2ccc(/C=C(/C#N)C(=O)Nc3ccc(Cl)c(Cl)c3)cc2[C@@H](C)CC1(C)C. The number of halogens is 2. The summed E-state index contributed by atoms with van der Waals surface area (Å²) in [5.41, 5.74) is 3.86. The number of nitrogens with zero attached hydrogens (tertiary/aromatic N) is 2. The molecule has 162 valence electrons. The van der Waals surface area contributed by atoms with Crippen LogP contribution in [0.4, 0.5) is 11.4 Å². The predicted molar refractivity (Wildman–Crippen MR) is 130 cm³/mol. The smallest absolute Gasteiger partial charge is 0.266 e. The average molecular weight is 456 g/mol. The topological polar surface area (TPSA) is 56.1 Å². The molecule has 3 rings (SSSR count). The summed E-state index contributed by atoms with van der Waals surface area (Å²) < 4.78 is 0. The van der Waals surface area contributed by atoms with Gasteiger partial charge in [-0.3, -0.25) is 4.79 Å². The highest BCUT2D eigenvalue weighted by atomic mass is 35.5. The number of nitriles is 1. The van der Waals surface area contributed by atoms with Gasteiger partial charge in [-0.25, -0.2) is 0 Å². The summed E-state index contributed by atoms with van der Waals surface area (Å²) in [6.07, 6.45) is 2.66. The second kappa shape index (κ2) is 8.94. The van der Waals surface area contributed by atoms with Crippen LogP contribution < -0.4 is 10.2 Å². The number of hydrogen-bond acceptors (Lipinski definition) is 3. The average Bonchev–Trinajstić information content (AvgIpc) is 2.68. The summed E-state index contributed by atoms with van der Waals surface area (Å²) in [4.78, 5) is 15.1.